The molecule has 6 rings (SSSR count). The van der Waals surface area contributed by atoms with Crippen molar-refractivity contribution in [2.45, 2.75) is 50.6 Å². The van der Waals surface area contributed by atoms with E-state index in [2.05, 4.69) is 39.1 Å². The van der Waals surface area contributed by atoms with Crippen LogP contribution in [0.2, 0.25) is 0 Å². The third kappa shape index (κ3) is 4.18. The number of fused-ring (bicyclic) bond motifs is 2. The fourth-order valence-electron chi connectivity index (χ4n) is 5.95. The molecule has 3 aliphatic rings. The normalized spacial score (nSPS) is 20.1. The van der Waals surface area contributed by atoms with E-state index in [9.17, 15) is 15.3 Å². The van der Waals surface area contributed by atoms with Crippen LogP contribution in [0.15, 0.2) is 35.1 Å². The first-order chi connectivity index (χ1) is 18.5. The molecule has 0 spiro atoms. The number of benzene rings is 1. The predicted molar refractivity (Wildman–Crippen MR) is 143 cm³/mol. The van der Waals surface area contributed by atoms with E-state index in [-0.39, 0.29) is 29.7 Å². The standard InChI is InChI=1S/C29H30N6O3/c1-33(28-23(15-31)29(36)34(2)24-11-5-19(14-30)32-27(24)28)20-6-8-21(9-7-20)35(16-18-3-4-18)22-10-12-25-26(13-22)38-17-37-25/h5,10-13,18,20-21H,3-4,6-9,16-17H2,1-2H3/t20-,21+. The predicted octanol–water partition coefficient (Wildman–Crippen LogP) is 4.07. The number of aryl methyl sites for hydroxylation is 1. The van der Waals surface area contributed by atoms with Crippen molar-refractivity contribution in [2.75, 3.05) is 30.2 Å². The van der Waals surface area contributed by atoms with Crippen LogP contribution in [0.25, 0.3) is 11.0 Å². The molecule has 9 nitrogen and oxygen atoms in total. The van der Waals surface area contributed by atoms with Crippen LogP contribution in [-0.4, -0.2) is 42.0 Å². The van der Waals surface area contributed by atoms with E-state index in [1.54, 1.807) is 19.2 Å². The molecule has 0 unspecified atom stereocenters. The Kier molecular flexibility index (Phi) is 6.07. The molecule has 9 heteroatoms. The summed E-state index contributed by atoms with van der Waals surface area (Å²) >= 11 is 0. The Bertz CT molecular complexity index is 1540. The molecule has 194 valence electrons. The number of nitriles is 2. The Morgan fingerprint density at radius 3 is 2.45 bits per heavy atom. The van der Waals surface area contributed by atoms with Gasteiger partial charge in [-0.25, -0.2) is 4.98 Å². The largest absolute Gasteiger partial charge is 0.454 e. The maximum Gasteiger partial charge on any atom is 0.270 e. The van der Waals surface area contributed by atoms with Gasteiger partial charge in [-0.2, -0.15) is 10.5 Å². The Balaban J connectivity index is 1.27. The van der Waals surface area contributed by atoms with Gasteiger partial charge < -0.3 is 23.8 Å². The first kappa shape index (κ1) is 24.1. The van der Waals surface area contributed by atoms with E-state index >= 15 is 0 Å². The van der Waals surface area contributed by atoms with Crippen LogP contribution in [0.4, 0.5) is 11.4 Å². The molecule has 3 heterocycles. The number of nitrogens with zero attached hydrogens (tertiary/aromatic N) is 6. The topological polar surface area (TPSA) is 107 Å². The van der Waals surface area contributed by atoms with Crippen LogP contribution < -0.4 is 24.8 Å². The first-order valence-corrected chi connectivity index (χ1v) is 13.2. The minimum absolute atomic E-state index is 0.0722. The van der Waals surface area contributed by atoms with Crippen LogP contribution in [0.1, 0.15) is 49.8 Å². The Morgan fingerprint density at radius 2 is 1.74 bits per heavy atom. The van der Waals surface area contributed by atoms with Gasteiger partial charge in [-0.15, -0.1) is 0 Å². The SMILES string of the molecule is Cn1c(=O)c(C#N)c(N(C)[C@H]2CC[C@@H](N(CC3CC3)c3ccc4c(c3)OCO4)CC2)c2nc(C#N)ccc21. The monoisotopic (exact) mass is 510 g/mol. The van der Waals surface area contributed by atoms with Crippen LogP contribution in [0, 0.1) is 28.6 Å². The van der Waals surface area contributed by atoms with Crippen LogP contribution in [0.3, 0.4) is 0 Å². The maximum absolute atomic E-state index is 13.1. The number of rotatable bonds is 6. The molecule has 3 aromatic rings. The van der Waals surface area contributed by atoms with Gasteiger partial charge in [-0.1, -0.05) is 0 Å². The van der Waals surface area contributed by atoms with Gasteiger partial charge in [0.1, 0.15) is 28.9 Å². The zero-order chi connectivity index (χ0) is 26.4. The van der Waals surface area contributed by atoms with Crippen LogP contribution >= 0.6 is 0 Å². The second-order valence-corrected chi connectivity index (χ2v) is 10.6. The summed E-state index contributed by atoms with van der Waals surface area (Å²) in [6.45, 7) is 1.31. The second kappa shape index (κ2) is 9.57. The summed E-state index contributed by atoms with van der Waals surface area (Å²) in [5.41, 5.74) is 2.82. The Hall–Kier alpha value is -4.24. The van der Waals surface area contributed by atoms with Gasteiger partial charge in [0.25, 0.3) is 5.56 Å². The lowest BCUT2D eigenvalue weighted by Gasteiger charge is -2.41. The van der Waals surface area contributed by atoms with Gasteiger partial charge in [0, 0.05) is 44.5 Å². The summed E-state index contributed by atoms with van der Waals surface area (Å²) in [6, 6.07) is 14.3. The molecule has 1 aliphatic heterocycles. The van der Waals surface area contributed by atoms with Gasteiger partial charge >= 0.3 is 0 Å². The summed E-state index contributed by atoms with van der Waals surface area (Å²) in [4.78, 5) is 22.2. The molecule has 2 aromatic heterocycles. The number of ether oxygens (including phenoxy) is 2. The third-order valence-electron chi connectivity index (χ3n) is 8.29. The molecule has 2 aliphatic carbocycles. The van der Waals surface area contributed by atoms with Crippen molar-refractivity contribution in [1.82, 2.24) is 9.55 Å². The van der Waals surface area contributed by atoms with Crippen LogP contribution in [0.5, 0.6) is 11.5 Å². The lowest BCUT2D eigenvalue weighted by molar-refractivity contribution is 0.174. The highest BCUT2D eigenvalue weighted by Gasteiger charge is 2.34. The summed E-state index contributed by atoms with van der Waals surface area (Å²) in [5.74, 6) is 2.35. The highest BCUT2D eigenvalue weighted by Crippen LogP contribution is 2.41. The van der Waals surface area contributed by atoms with Crippen molar-refractivity contribution in [1.29, 1.82) is 10.5 Å². The lowest BCUT2D eigenvalue weighted by Crippen LogP contribution is -2.44. The zero-order valence-corrected chi connectivity index (χ0v) is 21.7. The highest BCUT2D eigenvalue weighted by molar-refractivity contribution is 5.92. The third-order valence-corrected chi connectivity index (χ3v) is 8.29. The molecule has 0 saturated heterocycles. The molecule has 0 bridgehead atoms. The minimum Gasteiger partial charge on any atom is -0.454 e. The Morgan fingerprint density at radius 1 is 1.00 bits per heavy atom. The molecule has 2 fully saturated rings. The Labute approximate surface area is 221 Å². The molecule has 1 aromatic carbocycles. The summed E-state index contributed by atoms with van der Waals surface area (Å²) in [5, 5.41) is 19.4. The number of aromatic nitrogens is 2. The van der Waals surface area contributed by atoms with Crippen molar-refractivity contribution in [3.63, 3.8) is 0 Å². The van der Waals surface area contributed by atoms with E-state index in [1.165, 1.54) is 23.1 Å². The molecule has 38 heavy (non-hydrogen) atoms. The average molecular weight is 511 g/mol. The smallest absolute Gasteiger partial charge is 0.270 e. The van der Waals surface area contributed by atoms with Crippen molar-refractivity contribution in [2.24, 2.45) is 13.0 Å². The van der Waals surface area contributed by atoms with E-state index < -0.39 is 0 Å². The van der Waals surface area contributed by atoms with Crippen molar-refractivity contribution < 1.29 is 9.47 Å². The summed E-state index contributed by atoms with van der Waals surface area (Å²) in [6.07, 6.45) is 6.40. The van der Waals surface area contributed by atoms with Crippen molar-refractivity contribution in [3.8, 4) is 23.6 Å². The lowest BCUT2D eigenvalue weighted by atomic mass is 9.88. The second-order valence-electron chi connectivity index (χ2n) is 10.6. The number of anilines is 2. The van der Waals surface area contributed by atoms with Crippen molar-refractivity contribution in [3.05, 3.63) is 51.9 Å². The fourth-order valence-corrected chi connectivity index (χ4v) is 5.95. The van der Waals surface area contributed by atoms with Crippen LogP contribution in [-0.2, 0) is 7.05 Å². The van der Waals surface area contributed by atoms with Crippen molar-refractivity contribution >= 4 is 22.4 Å². The first-order valence-electron chi connectivity index (χ1n) is 13.2. The molecular formula is C29H30N6O3. The number of pyridine rings is 2. The zero-order valence-electron chi connectivity index (χ0n) is 21.7. The molecule has 0 radical (unpaired) electrons. The van der Waals surface area contributed by atoms with E-state index in [0.29, 0.717) is 22.8 Å². The number of hydrogen-bond acceptors (Lipinski definition) is 8. The highest BCUT2D eigenvalue weighted by atomic mass is 16.7. The minimum atomic E-state index is -0.347. The van der Waals surface area contributed by atoms with E-state index in [1.807, 2.05) is 13.1 Å². The van der Waals surface area contributed by atoms with E-state index in [4.69, 9.17) is 9.47 Å². The van der Waals surface area contributed by atoms with Gasteiger partial charge in [0.15, 0.2) is 11.5 Å². The molecule has 0 amide bonds. The maximum atomic E-state index is 13.1. The summed E-state index contributed by atoms with van der Waals surface area (Å²) in [7, 11) is 3.58. The molecule has 2 saturated carbocycles. The summed E-state index contributed by atoms with van der Waals surface area (Å²) < 4.78 is 12.6. The molecular weight excluding hydrogens is 480 g/mol. The van der Waals surface area contributed by atoms with Gasteiger partial charge in [-0.3, -0.25) is 4.79 Å². The van der Waals surface area contributed by atoms with Gasteiger partial charge in [0.05, 0.1) is 11.2 Å². The molecule has 0 N–H and O–H groups in total. The van der Waals surface area contributed by atoms with Gasteiger partial charge in [0.2, 0.25) is 6.79 Å². The number of hydrogen-bond donors (Lipinski definition) is 0. The molecule has 0 atom stereocenters. The van der Waals surface area contributed by atoms with E-state index in [0.717, 1.165) is 49.6 Å². The fraction of sp³-hybridized carbons (Fsp3) is 0.448. The average Bonchev–Trinajstić information content (AvgIpc) is 3.66. The van der Waals surface area contributed by atoms with Gasteiger partial charge in [-0.05, 0) is 68.7 Å². The quantitative estimate of drug-likeness (QED) is 0.488.